The molecule has 0 atom stereocenters. The summed E-state index contributed by atoms with van der Waals surface area (Å²) in [5.74, 6) is 1.13. The Labute approximate surface area is 150 Å². The van der Waals surface area contributed by atoms with E-state index in [1.165, 1.54) is 30.1 Å². The van der Waals surface area contributed by atoms with Crippen LogP contribution in [0.1, 0.15) is 19.1 Å². The molecule has 0 N–H and O–H groups in total. The topological polar surface area (TPSA) is 113 Å². The molecule has 6 nitrogen and oxygen atoms in total. The van der Waals surface area contributed by atoms with Crippen molar-refractivity contribution < 1.29 is 47.0 Å². The van der Waals surface area contributed by atoms with Crippen LogP contribution >= 0.6 is 0 Å². The fourth-order valence-electron chi connectivity index (χ4n) is 1.62. The summed E-state index contributed by atoms with van der Waals surface area (Å²) in [5.41, 5.74) is 0. The molecule has 0 bridgehead atoms. The van der Waals surface area contributed by atoms with Crippen molar-refractivity contribution in [3.63, 3.8) is 0 Å². The van der Waals surface area contributed by atoms with Crippen LogP contribution in [-0.2, 0) is 49.0 Å². The van der Waals surface area contributed by atoms with Crippen LogP contribution in [-0.4, -0.2) is 0 Å². The van der Waals surface area contributed by atoms with E-state index < -0.39 is 0 Å². The Hall–Kier alpha value is -1.98. The normalized spacial score (nSPS) is 6.62. The second kappa shape index (κ2) is 25.9. The summed E-state index contributed by atoms with van der Waals surface area (Å²) in [5, 5.41) is 2.56. The minimum absolute atomic E-state index is 1.03. The monoisotopic (exact) mass is 496 g/mol. The van der Waals surface area contributed by atoms with Crippen LogP contribution in [0.4, 0.5) is 0 Å². The van der Waals surface area contributed by atoms with Crippen LogP contribution in [0.15, 0.2) is 34.7 Å². The number of benzene rings is 1. The molecule has 24 heavy (non-hydrogen) atoms. The van der Waals surface area contributed by atoms with Crippen molar-refractivity contribution in [2.75, 3.05) is 0 Å². The van der Waals surface area contributed by atoms with Gasteiger partial charge in [0.05, 0.1) is 0 Å². The van der Waals surface area contributed by atoms with Gasteiger partial charge in [0.1, 0.15) is 0 Å². The van der Waals surface area contributed by atoms with Gasteiger partial charge in [0.25, 0.3) is 0 Å². The first kappa shape index (κ1) is 30.0. The summed E-state index contributed by atoms with van der Waals surface area (Å²) in [6, 6.07) is 10.6. The van der Waals surface area contributed by atoms with E-state index >= 15 is 0 Å². The summed E-state index contributed by atoms with van der Waals surface area (Å²) in [6.07, 6.45) is 2.16. The van der Waals surface area contributed by atoms with Crippen molar-refractivity contribution in [1.82, 2.24) is 0 Å². The van der Waals surface area contributed by atoms with Crippen LogP contribution in [0, 0.1) is 37.0 Å². The van der Waals surface area contributed by atoms with E-state index in [1.807, 2.05) is 0 Å². The van der Waals surface area contributed by atoms with Crippen molar-refractivity contribution in [2.45, 2.75) is 19.8 Å². The zero-order valence-electron chi connectivity index (χ0n) is 12.7. The second-order valence-corrected chi connectivity index (χ2v) is 4.77. The molecule has 0 radical (unpaired) electrons. The molecule has 1 aromatic heterocycles. The van der Waals surface area contributed by atoms with Crippen molar-refractivity contribution in [3.05, 3.63) is 73.1 Å². The first-order valence-corrected chi connectivity index (χ1v) is 7.32. The molecule has 0 aliphatic heterocycles. The summed E-state index contributed by atoms with van der Waals surface area (Å²) in [7, 11) is 0. The molecule has 0 fully saturated rings. The van der Waals surface area contributed by atoms with Gasteiger partial charge in [-0.1, -0.05) is 0 Å². The van der Waals surface area contributed by atoms with Gasteiger partial charge in [-0.2, -0.15) is 0 Å². The van der Waals surface area contributed by atoms with Crippen LogP contribution in [0.5, 0.6) is 0 Å². The quantitative estimate of drug-likeness (QED) is 0.462. The molecule has 0 spiro atoms. The van der Waals surface area contributed by atoms with Gasteiger partial charge in [-0.05, 0) is 0 Å². The predicted molar refractivity (Wildman–Crippen MR) is 73.1 cm³/mol. The van der Waals surface area contributed by atoms with E-state index in [2.05, 4.69) is 70.5 Å². The van der Waals surface area contributed by atoms with E-state index in [1.54, 1.807) is 0 Å². The molecule has 0 aliphatic carbocycles. The van der Waals surface area contributed by atoms with Gasteiger partial charge in [0, 0.05) is 0 Å². The van der Waals surface area contributed by atoms with E-state index in [9.17, 15) is 0 Å². The third-order valence-corrected chi connectivity index (χ3v) is 2.96. The Kier molecular flexibility index (Phi) is 32.4. The van der Waals surface area contributed by atoms with Crippen LogP contribution in [0.3, 0.4) is 0 Å². The molecule has 0 amide bonds. The maximum absolute atomic E-state index is 7.50. The number of hydrogen-bond donors (Lipinski definition) is 0. The third-order valence-electron chi connectivity index (χ3n) is 2.24. The van der Waals surface area contributed by atoms with Gasteiger partial charge in [-0.15, -0.1) is 0 Å². The zero-order valence-corrected chi connectivity index (χ0v) is 15.6. The Balaban J connectivity index is -0.000000173. The zero-order chi connectivity index (χ0) is 20.0. The summed E-state index contributed by atoms with van der Waals surface area (Å²) in [4.78, 5) is 0. The number of fused-ring (bicyclic) bond motifs is 1. The average molecular weight is 496 g/mol. The van der Waals surface area contributed by atoms with Crippen LogP contribution < -0.4 is 0 Å². The van der Waals surface area contributed by atoms with Gasteiger partial charge in [0.15, 0.2) is 0 Å². The van der Waals surface area contributed by atoms with Crippen molar-refractivity contribution in [2.24, 2.45) is 0 Å². The molecule has 0 unspecified atom stereocenters. The molecule has 0 aliphatic rings. The first-order chi connectivity index (χ1) is 11.8. The summed E-state index contributed by atoms with van der Waals surface area (Å²) in [6.45, 7) is 24.7. The Morgan fingerprint density at radius 1 is 0.875 bits per heavy atom. The van der Waals surface area contributed by atoms with Gasteiger partial charge < -0.3 is 0 Å². The van der Waals surface area contributed by atoms with Crippen molar-refractivity contribution in [3.8, 4) is 0 Å². The molecule has 2 aromatic rings. The van der Waals surface area contributed by atoms with E-state index in [4.69, 9.17) is 27.7 Å². The van der Waals surface area contributed by atoms with E-state index in [0.29, 0.717) is 0 Å². The van der Waals surface area contributed by atoms with Gasteiger partial charge in [-0.25, -0.2) is 0 Å². The fourth-order valence-corrected chi connectivity index (χ4v) is 2.44. The van der Waals surface area contributed by atoms with Gasteiger partial charge in [0.2, 0.25) is 0 Å². The molecular weight excluding hydrogens is 484 g/mol. The second-order valence-electron chi connectivity index (χ2n) is 3.33. The maximum atomic E-state index is 7.50. The van der Waals surface area contributed by atoms with Gasteiger partial charge >= 0.3 is 151 Å². The average Bonchev–Trinajstić information content (AvgIpc) is 2.70. The minimum atomic E-state index is 1.03. The summed E-state index contributed by atoms with van der Waals surface area (Å²) < 4.78 is 44.3. The van der Waals surface area contributed by atoms with Crippen LogP contribution in [0.2, 0.25) is 0 Å². The standard InChI is InChI=1S/C12H12O.5CO.W/c1-2-5-12-11-7-4-3-6-10(11)8-9-13-12;5*1-2;/h3-4,6-8H,2,5H2,1H3;;;;;;. The summed E-state index contributed by atoms with van der Waals surface area (Å²) >= 11 is 1.39. The Morgan fingerprint density at radius 3 is 1.79 bits per heavy atom. The van der Waals surface area contributed by atoms with Crippen molar-refractivity contribution in [1.29, 1.82) is 0 Å². The number of rotatable bonds is 2. The molecular formula is C17H12O6W. The van der Waals surface area contributed by atoms with Crippen LogP contribution in [0.25, 0.3) is 10.8 Å². The van der Waals surface area contributed by atoms with Gasteiger partial charge in [-0.3, -0.25) is 0 Å². The molecule has 122 valence electrons. The Bertz CT molecular complexity index is 672. The molecule has 7 heteroatoms. The Morgan fingerprint density at radius 2 is 1.33 bits per heavy atom. The third kappa shape index (κ3) is 12.6. The van der Waals surface area contributed by atoms with E-state index in [-0.39, 0.29) is 0 Å². The molecule has 0 saturated carbocycles. The molecule has 0 saturated heterocycles. The van der Waals surface area contributed by atoms with E-state index in [0.717, 1.165) is 22.3 Å². The predicted octanol–water partition coefficient (Wildman–Crippen LogP) is 3.28. The number of aryl methyl sites for hydroxylation is 1. The molecule has 1 aromatic carbocycles. The molecule has 2 rings (SSSR count). The first-order valence-electron chi connectivity index (χ1n) is 5.85. The SMILES string of the molecule is CCCc1o[c](=[W])cc2ccccc12.[C-]#[O+].[C-]#[O+].[C-]#[O+].[C-]#[O+].[C-]#[O+]. The molecule has 1 heterocycles. The fraction of sp³-hybridized carbons (Fsp3) is 0.176. The van der Waals surface area contributed by atoms with Crippen molar-refractivity contribution >= 4 is 10.8 Å². The number of hydrogen-bond acceptors (Lipinski definition) is 1.